The molecule has 3 nitrogen and oxygen atoms in total. The van der Waals surface area contributed by atoms with E-state index in [0.29, 0.717) is 10.9 Å². The summed E-state index contributed by atoms with van der Waals surface area (Å²) < 4.78 is 29.4. The number of ether oxygens (including phenoxy) is 1. The number of halogens is 3. The molecule has 0 amide bonds. The Morgan fingerprint density at radius 2 is 2.33 bits per heavy atom. The fourth-order valence-corrected chi connectivity index (χ4v) is 1.35. The Morgan fingerprint density at radius 1 is 1.67 bits per heavy atom. The third kappa shape index (κ3) is 2.71. The van der Waals surface area contributed by atoms with E-state index >= 15 is 0 Å². The van der Waals surface area contributed by atoms with Gasteiger partial charge in [0.25, 0.3) is 6.43 Å². The summed E-state index contributed by atoms with van der Waals surface area (Å²) >= 11 is 3.14. The smallest absolute Gasteiger partial charge is 0.339 e. The van der Waals surface area contributed by atoms with Gasteiger partial charge in [-0.3, -0.25) is 4.98 Å². The van der Waals surface area contributed by atoms with Crippen LogP contribution in [0.5, 0.6) is 0 Å². The fraction of sp³-hybridized carbons (Fsp3) is 0.333. The predicted octanol–water partition coefficient (Wildman–Crippen LogP) is 2.70. The summed E-state index contributed by atoms with van der Waals surface area (Å²) in [5.74, 6) is -0.805. The lowest BCUT2D eigenvalue weighted by atomic mass is 10.1. The van der Waals surface area contributed by atoms with E-state index in [4.69, 9.17) is 0 Å². The third-order valence-corrected chi connectivity index (χ3v) is 2.39. The Kier molecular flexibility index (Phi) is 4.14. The van der Waals surface area contributed by atoms with Crippen LogP contribution in [-0.2, 0) is 10.1 Å². The van der Waals surface area contributed by atoms with E-state index < -0.39 is 18.1 Å². The van der Waals surface area contributed by atoms with Gasteiger partial charge in [-0.25, -0.2) is 13.6 Å². The molecule has 1 aromatic heterocycles. The van der Waals surface area contributed by atoms with Crippen molar-refractivity contribution < 1.29 is 18.3 Å². The minimum atomic E-state index is -2.79. The first-order valence-electron chi connectivity index (χ1n) is 4.01. The first-order chi connectivity index (χ1) is 7.10. The predicted molar refractivity (Wildman–Crippen MR) is 53.2 cm³/mol. The molecule has 15 heavy (non-hydrogen) atoms. The molecule has 82 valence electrons. The highest BCUT2D eigenvalue weighted by Crippen LogP contribution is 2.22. The summed E-state index contributed by atoms with van der Waals surface area (Å²) in [6.07, 6.45) is -1.49. The SMILES string of the molecule is COC(=O)c1cc(CBr)cnc1C(F)F. The van der Waals surface area contributed by atoms with Crippen molar-refractivity contribution in [2.24, 2.45) is 0 Å². The van der Waals surface area contributed by atoms with Crippen molar-refractivity contribution in [3.63, 3.8) is 0 Å². The van der Waals surface area contributed by atoms with E-state index in [0.717, 1.165) is 7.11 Å². The molecule has 0 unspecified atom stereocenters. The van der Waals surface area contributed by atoms with Crippen molar-refractivity contribution in [1.29, 1.82) is 0 Å². The van der Waals surface area contributed by atoms with Gasteiger partial charge in [-0.1, -0.05) is 15.9 Å². The Labute approximate surface area is 93.6 Å². The molecule has 0 N–H and O–H groups in total. The zero-order valence-electron chi connectivity index (χ0n) is 7.84. The highest BCUT2D eigenvalue weighted by Gasteiger charge is 2.20. The lowest BCUT2D eigenvalue weighted by Gasteiger charge is -2.07. The molecule has 0 spiro atoms. The topological polar surface area (TPSA) is 39.2 Å². The summed E-state index contributed by atoms with van der Waals surface area (Å²) in [5, 5.41) is 0.438. The average Bonchev–Trinajstić information content (AvgIpc) is 2.26. The van der Waals surface area contributed by atoms with Gasteiger partial charge >= 0.3 is 5.97 Å². The van der Waals surface area contributed by atoms with Gasteiger partial charge in [0.1, 0.15) is 5.69 Å². The molecular formula is C9H8BrF2NO2. The molecule has 1 heterocycles. The van der Waals surface area contributed by atoms with Crippen LogP contribution in [0.1, 0.15) is 28.0 Å². The van der Waals surface area contributed by atoms with Gasteiger partial charge in [0, 0.05) is 11.5 Å². The number of methoxy groups -OCH3 is 1. The van der Waals surface area contributed by atoms with Gasteiger partial charge in [-0.2, -0.15) is 0 Å². The lowest BCUT2D eigenvalue weighted by Crippen LogP contribution is -2.08. The molecule has 0 aliphatic heterocycles. The van der Waals surface area contributed by atoms with Crippen LogP contribution in [0.4, 0.5) is 8.78 Å². The molecule has 0 aliphatic rings. The molecule has 6 heteroatoms. The standard InChI is InChI=1S/C9H8BrF2NO2/c1-15-9(14)6-2-5(3-10)4-13-7(6)8(11)12/h2,4,8H,3H2,1H3. The van der Waals surface area contributed by atoms with Gasteiger partial charge in [0.2, 0.25) is 0 Å². The fourth-order valence-electron chi connectivity index (χ4n) is 1.04. The highest BCUT2D eigenvalue weighted by atomic mass is 79.9. The number of alkyl halides is 3. The Hall–Kier alpha value is -1.04. The Bertz CT molecular complexity index is 371. The van der Waals surface area contributed by atoms with Crippen LogP contribution in [0.25, 0.3) is 0 Å². The first-order valence-corrected chi connectivity index (χ1v) is 5.13. The summed E-state index contributed by atoms with van der Waals surface area (Å²) in [5.41, 5.74) is -0.101. The van der Waals surface area contributed by atoms with E-state index in [1.165, 1.54) is 12.3 Å². The van der Waals surface area contributed by atoms with E-state index in [-0.39, 0.29) is 5.56 Å². The molecule has 1 rings (SSSR count). The van der Waals surface area contributed by atoms with Gasteiger partial charge < -0.3 is 4.74 Å². The van der Waals surface area contributed by atoms with Gasteiger partial charge in [-0.15, -0.1) is 0 Å². The van der Waals surface area contributed by atoms with Crippen LogP contribution in [-0.4, -0.2) is 18.1 Å². The molecule has 0 aromatic carbocycles. The monoisotopic (exact) mass is 279 g/mol. The number of carbonyl (C=O) groups excluding carboxylic acids is 1. The second-order valence-electron chi connectivity index (χ2n) is 2.70. The summed E-state index contributed by atoms with van der Waals surface area (Å²) in [7, 11) is 1.14. The molecule has 0 aliphatic carbocycles. The number of carbonyl (C=O) groups is 1. The Balaban J connectivity index is 3.22. The number of aromatic nitrogens is 1. The van der Waals surface area contributed by atoms with Crippen molar-refractivity contribution >= 4 is 21.9 Å². The maximum atomic E-state index is 12.5. The van der Waals surface area contributed by atoms with E-state index in [1.807, 2.05) is 0 Å². The van der Waals surface area contributed by atoms with Gasteiger partial charge in [0.05, 0.1) is 12.7 Å². The highest BCUT2D eigenvalue weighted by molar-refractivity contribution is 9.08. The van der Waals surface area contributed by atoms with Crippen molar-refractivity contribution in [2.75, 3.05) is 7.11 Å². The van der Waals surface area contributed by atoms with Crippen LogP contribution in [0, 0.1) is 0 Å². The summed E-state index contributed by atoms with van der Waals surface area (Å²) in [4.78, 5) is 14.7. The van der Waals surface area contributed by atoms with Crippen molar-refractivity contribution in [3.8, 4) is 0 Å². The van der Waals surface area contributed by atoms with Crippen molar-refractivity contribution in [3.05, 3.63) is 29.1 Å². The first kappa shape index (κ1) is 12.0. The minimum Gasteiger partial charge on any atom is -0.465 e. The molecule has 0 fully saturated rings. The second kappa shape index (κ2) is 5.16. The van der Waals surface area contributed by atoms with Crippen LogP contribution >= 0.6 is 15.9 Å². The third-order valence-electron chi connectivity index (χ3n) is 1.74. The quantitative estimate of drug-likeness (QED) is 0.631. The molecule has 1 aromatic rings. The number of hydrogen-bond acceptors (Lipinski definition) is 3. The van der Waals surface area contributed by atoms with E-state index in [2.05, 4.69) is 25.7 Å². The van der Waals surface area contributed by atoms with Crippen LogP contribution in [0.15, 0.2) is 12.3 Å². The van der Waals surface area contributed by atoms with Crippen molar-refractivity contribution in [1.82, 2.24) is 4.98 Å². The van der Waals surface area contributed by atoms with Gasteiger partial charge in [0.15, 0.2) is 0 Å². The molecular weight excluding hydrogens is 272 g/mol. The summed E-state index contributed by atoms with van der Waals surface area (Å²) in [6.45, 7) is 0. The largest absolute Gasteiger partial charge is 0.465 e. The summed E-state index contributed by atoms with van der Waals surface area (Å²) in [6, 6.07) is 1.34. The molecule has 0 bridgehead atoms. The van der Waals surface area contributed by atoms with Crippen LogP contribution in [0.2, 0.25) is 0 Å². The van der Waals surface area contributed by atoms with Gasteiger partial charge in [-0.05, 0) is 11.6 Å². The average molecular weight is 280 g/mol. The van der Waals surface area contributed by atoms with E-state index in [9.17, 15) is 13.6 Å². The zero-order chi connectivity index (χ0) is 11.4. The molecule has 0 atom stereocenters. The van der Waals surface area contributed by atoms with Crippen LogP contribution < -0.4 is 0 Å². The Morgan fingerprint density at radius 3 is 2.80 bits per heavy atom. The molecule has 0 saturated carbocycles. The van der Waals surface area contributed by atoms with E-state index in [1.54, 1.807) is 0 Å². The number of rotatable bonds is 3. The second-order valence-corrected chi connectivity index (χ2v) is 3.26. The number of pyridine rings is 1. The van der Waals surface area contributed by atoms with Crippen molar-refractivity contribution in [2.45, 2.75) is 11.8 Å². The zero-order valence-corrected chi connectivity index (χ0v) is 9.42. The van der Waals surface area contributed by atoms with Crippen LogP contribution in [0.3, 0.4) is 0 Å². The minimum absolute atomic E-state index is 0.190. The number of esters is 1. The molecule has 0 saturated heterocycles. The number of nitrogens with zero attached hydrogens (tertiary/aromatic N) is 1. The number of hydrogen-bond donors (Lipinski definition) is 0. The maximum absolute atomic E-state index is 12.5. The lowest BCUT2D eigenvalue weighted by molar-refractivity contribution is 0.0587. The normalized spacial score (nSPS) is 10.5. The maximum Gasteiger partial charge on any atom is 0.339 e. The molecule has 0 radical (unpaired) electrons.